The molecule has 1 N–H and O–H groups in total. The number of halogens is 4. The molecule has 2 bridgehead atoms. The number of aryl methyl sites for hydroxylation is 1. The molecule has 1 aromatic heterocycles. The van der Waals surface area contributed by atoms with Crippen molar-refractivity contribution < 1.29 is 18.0 Å². The van der Waals surface area contributed by atoms with E-state index in [9.17, 15) is 18.0 Å². The summed E-state index contributed by atoms with van der Waals surface area (Å²) < 4.78 is 40.6. The molecule has 3 aliphatic heterocycles. The summed E-state index contributed by atoms with van der Waals surface area (Å²) in [6.45, 7) is 3.67. The van der Waals surface area contributed by atoms with Gasteiger partial charge in [0.25, 0.3) is 5.91 Å². The third-order valence-electron chi connectivity index (χ3n) is 6.67. The molecule has 6 rings (SSSR count). The number of thiophene rings is 1. The Morgan fingerprint density at radius 2 is 1.93 bits per heavy atom. The second kappa shape index (κ2) is 6.61. The van der Waals surface area contributed by atoms with Gasteiger partial charge in [-0.3, -0.25) is 9.69 Å². The van der Waals surface area contributed by atoms with Crippen molar-refractivity contribution in [3.63, 3.8) is 0 Å². The zero-order chi connectivity index (χ0) is 19.0. The molecule has 8 heteroatoms. The van der Waals surface area contributed by atoms with Crippen molar-refractivity contribution in [2.45, 2.75) is 50.4 Å². The molecule has 3 saturated heterocycles. The van der Waals surface area contributed by atoms with Crippen molar-refractivity contribution in [1.29, 1.82) is 0 Å². The summed E-state index contributed by atoms with van der Waals surface area (Å²) in [5, 5.41) is 3.69. The van der Waals surface area contributed by atoms with Crippen LogP contribution in [-0.2, 0) is 6.18 Å². The van der Waals surface area contributed by atoms with Gasteiger partial charge in [0, 0.05) is 10.2 Å². The van der Waals surface area contributed by atoms with Crippen molar-refractivity contribution in [2.75, 3.05) is 13.1 Å². The second-order valence-corrected chi connectivity index (χ2v) is 9.22. The highest BCUT2D eigenvalue weighted by molar-refractivity contribution is 7.21. The predicted octanol–water partition coefficient (Wildman–Crippen LogP) is 5.01. The number of hydrogen-bond donors (Lipinski definition) is 1. The zero-order valence-electron chi connectivity index (χ0n) is 15.4. The molecule has 1 atom stereocenters. The lowest BCUT2D eigenvalue weighted by Crippen LogP contribution is -2.65. The normalized spacial score (nSPS) is 27.6. The minimum atomic E-state index is -4.42. The zero-order valence-corrected chi connectivity index (χ0v) is 17.1. The highest BCUT2D eigenvalue weighted by Crippen LogP contribution is 2.53. The summed E-state index contributed by atoms with van der Waals surface area (Å²) in [7, 11) is 0. The van der Waals surface area contributed by atoms with Crippen molar-refractivity contribution in [3.05, 3.63) is 34.2 Å². The Morgan fingerprint density at radius 3 is 2.54 bits per heavy atom. The first-order valence-corrected chi connectivity index (χ1v) is 10.3. The van der Waals surface area contributed by atoms with Crippen LogP contribution in [0.25, 0.3) is 10.1 Å². The SMILES string of the molecule is Cc1ccc2cc(C(=O)N[C@@H]3C4CCN(CC4)C34CC4)sc2c1C(F)(F)F.Cl. The molecule has 4 fully saturated rings. The summed E-state index contributed by atoms with van der Waals surface area (Å²) in [6.07, 6.45) is -0.0142. The number of carbonyl (C=O) groups excluding carboxylic acids is 1. The number of hydrogen-bond acceptors (Lipinski definition) is 3. The molecule has 0 unspecified atom stereocenters. The van der Waals surface area contributed by atoms with Crippen LogP contribution in [0.15, 0.2) is 18.2 Å². The molecular weight excluding hydrogens is 409 g/mol. The highest BCUT2D eigenvalue weighted by Gasteiger charge is 2.60. The van der Waals surface area contributed by atoms with Gasteiger partial charge in [0.05, 0.1) is 16.5 Å². The predicted molar refractivity (Wildman–Crippen MR) is 106 cm³/mol. The van der Waals surface area contributed by atoms with Gasteiger partial charge in [0.15, 0.2) is 0 Å². The van der Waals surface area contributed by atoms with Crippen LogP contribution in [0.3, 0.4) is 0 Å². The number of nitrogens with one attached hydrogen (secondary N) is 1. The number of piperidine rings is 3. The molecule has 1 aliphatic carbocycles. The van der Waals surface area contributed by atoms with Gasteiger partial charge < -0.3 is 5.32 Å². The van der Waals surface area contributed by atoms with Crippen LogP contribution in [0.2, 0.25) is 0 Å². The van der Waals surface area contributed by atoms with Crippen LogP contribution < -0.4 is 5.32 Å². The number of amides is 1. The van der Waals surface area contributed by atoms with E-state index >= 15 is 0 Å². The van der Waals surface area contributed by atoms with E-state index in [0.717, 1.165) is 50.1 Å². The van der Waals surface area contributed by atoms with E-state index < -0.39 is 11.7 Å². The van der Waals surface area contributed by atoms with E-state index in [1.807, 2.05) is 0 Å². The lowest BCUT2D eigenvalue weighted by Gasteiger charge is -2.52. The first-order valence-electron chi connectivity index (χ1n) is 9.46. The fraction of sp³-hybridized carbons (Fsp3) is 0.550. The summed E-state index contributed by atoms with van der Waals surface area (Å²) in [5.74, 6) is 0.260. The molecule has 4 aliphatic rings. The second-order valence-electron chi connectivity index (χ2n) is 8.16. The fourth-order valence-corrected chi connectivity index (χ4v) is 6.38. The van der Waals surface area contributed by atoms with Crippen LogP contribution in [0.4, 0.5) is 13.2 Å². The summed E-state index contributed by atoms with van der Waals surface area (Å²) in [5.41, 5.74) is -0.315. The van der Waals surface area contributed by atoms with Gasteiger partial charge >= 0.3 is 6.18 Å². The molecule has 1 amide bonds. The molecule has 152 valence electrons. The minimum absolute atomic E-state index is 0. The number of alkyl halides is 3. The van der Waals surface area contributed by atoms with Gasteiger partial charge in [-0.05, 0) is 68.6 Å². The van der Waals surface area contributed by atoms with E-state index in [1.54, 1.807) is 12.1 Å². The van der Waals surface area contributed by atoms with Crippen LogP contribution in [0.5, 0.6) is 0 Å². The largest absolute Gasteiger partial charge is 0.418 e. The topological polar surface area (TPSA) is 32.3 Å². The maximum absolute atomic E-state index is 13.5. The van der Waals surface area contributed by atoms with Gasteiger partial charge in [-0.15, -0.1) is 23.7 Å². The maximum atomic E-state index is 13.5. The summed E-state index contributed by atoms with van der Waals surface area (Å²) >= 11 is 0.957. The highest BCUT2D eigenvalue weighted by atomic mass is 35.5. The first kappa shape index (κ1) is 20.0. The average molecular weight is 431 g/mol. The number of fused-ring (bicyclic) bond motifs is 3. The average Bonchev–Trinajstić information content (AvgIpc) is 3.27. The van der Waals surface area contributed by atoms with Crippen molar-refractivity contribution in [3.8, 4) is 0 Å². The Labute approximate surface area is 171 Å². The molecule has 1 aromatic carbocycles. The van der Waals surface area contributed by atoms with Crippen molar-refractivity contribution in [1.82, 2.24) is 10.2 Å². The van der Waals surface area contributed by atoms with Crippen LogP contribution >= 0.6 is 23.7 Å². The molecule has 1 spiro atoms. The van der Waals surface area contributed by atoms with Crippen molar-refractivity contribution in [2.24, 2.45) is 5.92 Å². The standard InChI is InChI=1S/C20H21F3N2OS.ClH/c1-11-2-3-13-10-14(27-16(13)15(11)20(21,22)23)18(26)24-17-12-4-8-25(9-5-12)19(17)6-7-19;/h2-3,10,12,17H,4-9H2,1H3,(H,24,26);1H/t17-;/m1./s1. The first-order chi connectivity index (χ1) is 12.8. The van der Waals surface area contributed by atoms with Gasteiger partial charge in [0.1, 0.15) is 0 Å². The Hall–Kier alpha value is -1.31. The third kappa shape index (κ3) is 2.94. The Kier molecular flexibility index (Phi) is 4.71. The van der Waals surface area contributed by atoms with E-state index in [1.165, 1.54) is 13.0 Å². The fourth-order valence-electron chi connectivity index (χ4n) is 5.20. The molecule has 4 heterocycles. The molecule has 1 saturated carbocycles. The number of nitrogens with zero attached hydrogens (tertiary/aromatic N) is 1. The number of benzene rings is 1. The smallest absolute Gasteiger partial charge is 0.346 e. The molecular formula is C20H22ClF3N2OS. The lowest BCUT2D eigenvalue weighted by atomic mass is 9.77. The minimum Gasteiger partial charge on any atom is -0.346 e. The maximum Gasteiger partial charge on any atom is 0.418 e. The Morgan fingerprint density at radius 1 is 1.25 bits per heavy atom. The Bertz CT molecular complexity index is 929. The monoisotopic (exact) mass is 430 g/mol. The van der Waals surface area contributed by atoms with Gasteiger partial charge in [-0.2, -0.15) is 13.2 Å². The van der Waals surface area contributed by atoms with E-state index in [4.69, 9.17) is 0 Å². The van der Waals surface area contributed by atoms with E-state index in [0.29, 0.717) is 16.2 Å². The molecule has 2 aromatic rings. The van der Waals surface area contributed by atoms with E-state index in [2.05, 4.69) is 10.2 Å². The third-order valence-corrected chi connectivity index (χ3v) is 7.84. The molecule has 3 nitrogen and oxygen atoms in total. The lowest BCUT2D eigenvalue weighted by molar-refractivity contribution is -0.136. The van der Waals surface area contributed by atoms with Crippen LogP contribution in [0.1, 0.15) is 46.5 Å². The van der Waals surface area contributed by atoms with Crippen molar-refractivity contribution >= 4 is 39.7 Å². The van der Waals surface area contributed by atoms with Crippen LogP contribution in [-0.4, -0.2) is 35.5 Å². The molecule has 0 radical (unpaired) electrons. The van der Waals surface area contributed by atoms with E-state index in [-0.39, 0.29) is 40.2 Å². The summed E-state index contributed by atoms with van der Waals surface area (Å²) in [4.78, 5) is 15.8. The van der Waals surface area contributed by atoms with Gasteiger partial charge in [-0.1, -0.05) is 12.1 Å². The van der Waals surface area contributed by atoms with Gasteiger partial charge in [0.2, 0.25) is 0 Å². The summed E-state index contributed by atoms with van der Waals surface area (Å²) in [6, 6.07) is 4.88. The van der Waals surface area contributed by atoms with Gasteiger partial charge in [-0.25, -0.2) is 0 Å². The van der Waals surface area contributed by atoms with Crippen LogP contribution in [0, 0.1) is 12.8 Å². The Balaban J connectivity index is 0.00000192. The number of rotatable bonds is 2. The quantitative estimate of drug-likeness (QED) is 0.726. The molecule has 28 heavy (non-hydrogen) atoms. The number of carbonyl (C=O) groups is 1.